The van der Waals surface area contributed by atoms with E-state index < -0.39 is 5.60 Å². The zero-order valence-corrected chi connectivity index (χ0v) is 19.9. The molecule has 0 saturated carbocycles. The van der Waals surface area contributed by atoms with Gasteiger partial charge in [-0.1, -0.05) is 0 Å². The number of aromatic nitrogens is 2. The molecule has 0 aromatic carbocycles. The lowest BCUT2D eigenvalue weighted by Gasteiger charge is -2.32. The number of ether oxygens (including phenoxy) is 2. The number of anilines is 1. The van der Waals surface area contributed by atoms with Crippen molar-refractivity contribution in [3.8, 4) is 0 Å². The van der Waals surface area contributed by atoms with Crippen LogP contribution in [0.5, 0.6) is 0 Å². The van der Waals surface area contributed by atoms with Gasteiger partial charge in [0.25, 0.3) is 0 Å². The van der Waals surface area contributed by atoms with Crippen LogP contribution in [0.25, 0.3) is 10.2 Å². The van der Waals surface area contributed by atoms with E-state index in [1.54, 1.807) is 11.3 Å². The van der Waals surface area contributed by atoms with Gasteiger partial charge < -0.3 is 19.7 Å². The lowest BCUT2D eigenvalue weighted by molar-refractivity contribution is 0.0477. The number of morpholine rings is 1. The Morgan fingerprint density at radius 1 is 1.26 bits per heavy atom. The zero-order valence-electron chi connectivity index (χ0n) is 18.3. The van der Waals surface area contributed by atoms with E-state index in [1.165, 1.54) is 4.88 Å². The van der Waals surface area contributed by atoms with Gasteiger partial charge in [0.15, 0.2) is 5.82 Å². The predicted molar refractivity (Wildman–Crippen MR) is 123 cm³/mol. The Morgan fingerprint density at radius 2 is 1.97 bits per heavy atom. The van der Waals surface area contributed by atoms with Crippen LogP contribution in [-0.4, -0.2) is 72.0 Å². The first kappa shape index (κ1) is 22.5. The minimum atomic E-state index is -0.474. The number of rotatable bonds is 4. The Hall–Kier alpha value is -1.68. The van der Waals surface area contributed by atoms with Crippen molar-refractivity contribution in [3.63, 3.8) is 0 Å². The molecule has 0 spiro atoms. The topological polar surface area (TPSA) is 79.8 Å². The number of piperidine rings is 1. The minimum absolute atomic E-state index is 0.158. The number of alkyl carbamates (subject to hydrolysis) is 1. The number of thiophene rings is 1. The van der Waals surface area contributed by atoms with Gasteiger partial charge in [0.1, 0.15) is 5.60 Å². The summed E-state index contributed by atoms with van der Waals surface area (Å²) in [5, 5.41) is 3.28. The number of likely N-dealkylation sites (tertiary alicyclic amines) is 1. The van der Waals surface area contributed by atoms with Crippen LogP contribution in [0, 0.1) is 0 Å². The molecule has 170 valence electrons. The van der Waals surface area contributed by atoms with Crippen molar-refractivity contribution in [2.24, 2.45) is 0 Å². The quantitative estimate of drug-likeness (QED) is 0.687. The average Bonchev–Trinajstić information content (AvgIpc) is 3.10. The molecule has 1 amide bonds. The third kappa shape index (κ3) is 5.97. The van der Waals surface area contributed by atoms with Gasteiger partial charge in [0.05, 0.1) is 23.4 Å². The molecule has 0 unspecified atom stereocenters. The Balaban J connectivity index is 1.37. The summed E-state index contributed by atoms with van der Waals surface area (Å²) in [6.07, 6.45) is 1.49. The van der Waals surface area contributed by atoms with E-state index in [4.69, 9.17) is 21.1 Å². The lowest BCUT2D eigenvalue weighted by Crippen LogP contribution is -2.45. The Morgan fingerprint density at radius 3 is 2.65 bits per heavy atom. The smallest absolute Gasteiger partial charge is 0.407 e. The van der Waals surface area contributed by atoms with Crippen LogP contribution in [0.1, 0.15) is 38.5 Å². The number of carbonyl (C=O) groups is 1. The number of halogens is 1. The van der Waals surface area contributed by atoms with Crippen molar-refractivity contribution < 1.29 is 14.3 Å². The zero-order chi connectivity index (χ0) is 22.0. The Labute approximate surface area is 191 Å². The molecule has 0 bridgehead atoms. The van der Waals surface area contributed by atoms with Crippen LogP contribution in [0.4, 0.5) is 10.6 Å². The first-order valence-corrected chi connectivity index (χ1v) is 12.0. The predicted octanol–water partition coefficient (Wildman–Crippen LogP) is 3.67. The average molecular weight is 468 g/mol. The summed E-state index contributed by atoms with van der Waals surface area (Å²) in [5.41, 5.74) is 0.431. The highest BCUT2D eigenvalue weighted by Crippen LogP contribution is 2.34. The molecule has 2 aliphatic rings. The summed E-state index contributed by atoms with van der Waals surface area (Å²) in [4.78, 5) is 26.9. The number of amides is 1. The highest BCUT2D eigenvalue weighted by atomic mass is 35.5. The van der Waals surface area contributed by atoms with E-state index in [9.17, 15) is 4.79 Å². The highest BCUT2D eigenvalue weighted by molar-refractivity contribution is 7.19. The van der Waals surface area contributed by atoms with Crippen LogP contribution < -0.4 is 10.2 Å². The number of nitrogens with one attached hydrogen (secondary N) is 1. The maximum absolute atomic E-state index is 12.0. The second-order valence-electron chi connectivity index (χ2n) is 9.04. The summed E-state index contributed by atoms with van der Waals surface area (Å²) in [6.45, 7) is 11.4. The molecule has 10 heteroatoms. The number of hydrogen-bond donors (Lipinski definition) is 1. The molecule has 0 atom stereocenters. The van der Waals surface area contributed by atoms with E-state index in [2.05, 4.69) is 31.2 Å². The first-order chi connectivity index (χ1) is 14.8. The van der Waals surface area contributed by atoms with Gasteiger partial charge in [-0.05, 0) is 51.3 Å². The molecule has 2 aromatic heterocycles. The van der Waals surface area contributed by atoms with Crippen LogP contribution in [0.2, 0.25) is 5.28 Å². The molecule has 4 heterocycles. The van der Waals surface area contributed by atoms with E-state index in [-0.39, 0.29) is 17.4 Å². The van der Waals surface area contributed by atoms with Crippen molar-refractivity contribution >= 4 is 45.1 Å². The van der Waals surface area contributed by atoms with E-state index in [0.717, 1.165) is 61.6 Å². The highest BCUT2D eigenvalue weighted by Gasteiger charge is 2.25. The van der Waals surface area contributed by atoms with E-state index in [0.29, 0.717) is 13.2 Å². The molecule has 0 aliphatic carbocycles. The summed E-state index contributed by atoms with van der Waals surface area (Å²) in [6, 6.07) is 2.29. The third-order valence-corrected chi connectivity index (χ3v) is 6.65. The number of fused-ring (bicyclic) bond motifs is 1. The number of hydrogen-bond acceptors (Lipinski definition) is 8. The molecule has 2 fully saturated rings. The molecular formula is C21H30ClN5O3S. The second-order valence-corrected chi connectivity index (χ2v) is 10.5. The number of carbonyl (C=O) groups excluding carboxylic acids is 1. The van der Waals surface area contributed by atoms with Crippen LogP contribution in [0.15, 0.2) is 6.07 Å². The summed E-state index contributed by atoms with van der Waals surface area (Å²) < 4.78 is 11.9. The van der Waals surface area contributed by atoms with Gasteiger partial charge in [0.2, 0.25) is 5.28 Å². The van der Waals surface area contributed by atoms with Crippen LogP contribution in [-0.2, 0) is 16.0 Å². The van der Waals surface area contributed by atoms with Gasteiger partial charge in [-0.2, -0.15) is 4.98 Å². The SMILES string of the molecule is CC(C)(C)OC(=O)NC1CCN(Cc2cc3nc(Cl)nc(N4CCOCC4)c3s2)CC1. The summed E-state index contributed by atoms with van der Waals surface area (Å²) in [7, 11) is 0. The Bertz CT molecular complexity index is 918. The summed E-state index contributed by atoms with van der Waals surface area (Å²) in [5.74, 6) is 0.912. The molecule has 2 aliphatic heterocycles. The number of nitrogens with zero attached hydrogens (tertiary/aromatic N) is 4. The fourth-order valence-corrected chi connectivity index (χ4v) is 5.26. The van der Waals surface area contributed by atoms with Crippen molar-refractivity contribution in [1.29, 1.82) is 0 Å². The molecule has 31 heavy (non-hydrogen) atoms. The maximum Gasteiger partial charge on any atom is 0.407 e. The van der Waals surface area contributed by atoms with E-state index in [1.807, 2.05) is 20.8 Å². The molecular weight excluding hydrogens is 438 g/mol. The van der Waals surface area contributed by atoms with Crippen LogP contribution >= 0.6 is 22.9 Å². The van der Waals surface area contributed by atoms with E-state index >= 15 is 0 Å². The van der Waals surface area contributed by atoms with Crippen molar-refractivity contribution in [3.05, 3.63) is 16.2 Å². The van der Waals surface area contributed by atoms with Gasteiger partial charge in [0, 0.05) is 43.6 Å². The summed E-state index contributed by atoms with van der Waals surface area (Å²) >= 11 is 7.95. The second kappa shape index (κ2) is 9.44. The van der Waals surface area contributed by atoms with Gasteiger partial charge in [-0.3, -0.25) is 4.90 Å². The molecule has 4 rings (SSSR count). The van der Waals surface area contributed by atoms with Crippen molar-refractivity contribution in [2.45, 2.75) is 51.8 Å². The Kier molecular flexibility index (Phi) is 6.86. The fourth-order valence-electron chi connectivity index (χ4n) is 3.93. The first-order valence-electron chi connectivity index (χ1n) is 10.8. The fraction of sp³-hybridized carbons (Fsp3) is 0.667. The molecule has 1 N–H and O–H groups in total. The normalized spacial score (nSPS) is 19.0. The van der Waals surface area contributed by atoms with Crippen molar-refractivity contribution in [2.75, 3.05) is 44.3 Å². The molecule has 0 radical (unpaired) electrons. The minimum Gasteiger partial charge on any atom is -0.444 e. The van der Waals surface area contributed by atoms with Gasteiger partial charge in [-0.15, -0.1) is 11.3 Å². The largest absolute Gasteiger partial charge is 0.444 e. The molecule has 2 saturated heterocycles. The molecule has 2 aromatic rings. The van der Waals surface area contributed by atoms with Gasteiger partial charge in [-0.25, -0.2) is 9.78 Å². The third-order valence-electron chi connectivity index (χ3n) is 5.38. The van der Waals surface area contributed by atoms with Crippen LogP contribution in [0.3, 0.4) is 0 Å². The standard InChI is InChI=1S/C21H30ClN5O3S/c1-21(2,3)30-20(28)23-14-4-6-26(7-5-14)13-15-12-16-17(31-15)18(25-19(22)24-16)27-8-10-29-11-9-27/h12,14H,4-11,13H2,1-3H3,(H,23,28). The lowest BCUT2D eigenvalue weighted by atomic mass is 10.1. The monoisotopic (exact) mass is 467 g/mol. The maximum atomic E-state index is 12.0. The molecule has 8 nitrogen and oxygen atoms in total. The van der Waals surface area contributed by atoms with Gasteiger partial charge >= 0.3 is 6.09 Å². The van der Waals surface area contributed by atoms with Crippen molar-refractivity contribution in [1.82, 2.24) is 20.2 Å².